The van der Waals surface area contributed by atoms with Crippen molar-refractivity contribution in [2.24, 2.45) is 0 Å². The molecule has 9 heteroatoms. The summed E-state index contributed by atoms with van der Waals surface area (Å²) in [4.78, 5) is 17.6. The van der Waals surface area contributed by atoms with E-state index in [4.69, 9.17) is 0 Å². The molecule has 0 saturated heterocycles. The van der Waals surface area contributed by atoms with E-state index >= 15 is 0 Å². The number of fused-ring (bicyclic) bond motifs is 1. The van der Waals surface area contributed by atoms with Crippen molar-refractivity contribution < 1.29 is 13.2 Å². The minimum atomic E-state index is -3.55. The quantitative estimate of drug-likeness (QED) is 0.516. The molecule has 0 unspecified atom stereocenters. The number of anilines is 1. The molecule has 0 aliphatic rings. The van der Waals surface area contributed by atoms with E-state index in [1.807, 2.05) is 19.9 Å². The topological polar surface area (TPSA) is 94.0 Å². The minimum absolute atomic E-state index is 0.0174. The van der Waals surface area contributed by atoms with Gasteiger partial charge in [0.1, 0.15) is 5.82 Å². The second kappa shape index (κ2) is 7.33. The van der Waals surface area contributed by atoms with E-state index in [9.17, 15) is 13.2 Å². The van der Waals surface area contributed by atoms with Crippen LogP contribution in [-0.4, -0.2) is 35.3 Å². The van der Waals surface area contributed by atoms with Crippen LogP contribution in [0.2, 0.25) is 0 Å². The van der Waals surface area contributed by atoms with Gasteiger partial charge in [0.2, 0.25) is 5.13 Å². The fraction of sp³-hybridized carbons (Fsp3) is 0.190. The van der Waals surface area contributed by atoms with E-state index < -0.39 is 15.7 Å². The Morgan fingerprint density at radius 2 is 1.77 bits per heavy atom. The number of aromatic nitrogens is 3. The number of carbonyl (C=O) groups is 1. The fourth-order valence-electron chi connectivity index (χ4n) is 3.15. The lowest BCUT2D eigenvalue weighted by molar-refractivity contribution is 0.102. The zero-order valence-corrected chi connectivity index (χ0v) is 18.6. The molecule has 4 aromatic rings. The molecule has 1 N–H and O–H groups in total. The molecule has 0 fully saturated rings. The lowest BCUT2D eigenvalue weighted by atomic mass is 10.1. The van der Waals surface area contributed by atoms with Gasteiger partial charge in [-0.2, -0.15) is 9.78 Å². The molecule has 2 aromatic heterocycles. The van der Waals surface area contributed by atoms with Crippen molar-refractivity contribution in [1.29, 1.82) is 0 Å². The summed E-state index contributed by atoms with van der Waals surface area (Å²) in [6, 6.07) is 12.0. The number of thiazole rings is 1. The third-order valence-corrected chi connectivity index (χ3v) is 6.93. The van der Waals surface area contributed by atoms with Gasteiger partial charge >= 0.3 is 0 Å². The summed E-state index contributed by atoms with van der Waals surface area (Å²) in [5.74, 6) is -0.0988. The second-order valence-corrected chi connectivity index (χ2v) is 10.2. The molecule has 154 valence electrons. The van der Waals surface area contributed by atoms with E-state index in [-0.39, 0.29) is 10.5 Å². The van der Waals surface area contributed by atoms with Crippen molar-refractivity contribution in [3.8, 4) is 5.13 Å². The summed E-state index contributed by atoms with van der Waals surface area (Å²) in [7, 11) is -3.55. The van der Waals surface area contributed by atoms with E-state index in [0.717, 1.165) is 22.0 Å². The summed E-state index contributed by atoms with van der Waals surface area (Å²) in [5.41, 5.74) is 3.99. The Morgan fingerprint density at radius 1 is 1.07 bits per heavy atom. The van der Waals surface area contributed by atoms with Gasteiger partial charge in [-0.05, 0) is 56.2 Å². The van der Waals surface area contributed by atoms with Gasteiger partial charge in [-0.1, -0.05) is 23.5 Å². The predicted octanol–water partition coefficient (Wildman–Crippen LogP) is 4.06. The van der Waals surface area contributed by atoms with Crippen LogP contribution in [-0.2, 0) is 9.84 Å². The predicted molar refractivity (Wildman–Crippen MR) is 118 cm³/mol. The molecule has 1 amide bonds. The molecule has 0 spiro atoms. The Kier molecular flexibility index (Phi) is 4.95. The van der Waals surface area contributed by atoms with Crippen LogP contribution in [0.15, 0.2) is 47.4 Å². The fourth-order valence-corrected chi connectivity index (χ4v) is 5.05. The number of amides is 1. The Balaban J connectivity index is 1.74. The number of hydrogen-bond donors (Lipinski definition) is 1. The number of hydrogen-bond acceptors (Lipinski definition) is 6. The Bertz CT molecular complexity index is 1360. The van der Waals surface area contributed by atoms with Crippen LogP contribution in [0.1, 0.15) is 27.2 Å². The molecule has 0 atom stereocenters. The lowest BCUT2D eigenvalue weighted by Gasteiger charge is -2.09. The zero-order valence-electron chi connectivity index (χ0n) is 16.9. The van der Waals surface area contributed by atoms with Crippen molar-refractivity contribution in [3.05, 3.63) is 64.8 Å². The Morgan fingerprint density at radius 3 is 2.50 bits per heavy atom. The molecule has 2 heterocycles. The number of benzene rings is 2. The van der Waals surface area contributed by atoms with Gasteiger partial charge in [-0.25, -0.2) is 13.4 Å². The van der Waals surface area contributed by atoms with Gasteiger partial charge in [0.15, 0.2) is 9.84 Å². The van der Waals surface area contributed by atoms with Crippen LogP contribution in [0.3, 0.4) is 0 Å². The van der Waals surface area contributed by atoms with Crippen molar-refractivity contribution in [2.75, 3.05) is 11.6 Å². The molecule has 0 saturated carbocycles. The van der Waals surface area contributed by atoms with Gasteiger partial charge in [-0.15, -0.1) is 0 Å². The number of nitrogens with zero attached hydrogens (tertiary/aromatic N) is 3. The molecule has 30 heavy (non-hydrogen) atoms. The average Bonchev–Trinajstić information content (AvgIpc) is 3.24. The normalized spacial score (nSPS) is 11.7. The lowest BCUT2D eigenvalue weighted by Crippen LogP contribution is -2.18. The van der Waals surface area contributed by atoms with Crippen molar-refractivity contribution in [2.45, 2.75) is 25.7 Å². The smallest absolute Gasteiger partial charge is 0.258 e. The first-order valence-corrected chi connectivity index (χ1v) is 11.9. The number of sulfone groups is 1. The second-order valence-electron chi connectivity index (χ2n) is 7.21. The van der Waals surface area contributed by atoms with Crippen LogP contribution in [0.4, 0.5) is 5.82 Å². The van der Waals surface area contributed by atoms with E-state index in [0.29, 0.717) is 16.6 Å². The Hall–Kier alpha value is -3.04. The third kappa shape index (κ3) is 3.73. The van der Waals surface area contributed by atoms with Gasteiger partial charge in [0, 0.05) is 12.3 Å². The molecule has 0 bridgehead atoms. The molecule has 0 aliphatic heterocycles. The Labute approximate surface area is 178 Å². The van der Waals surface area contributed by atoms with Crippen LogP contribution in [0.25, 0.3) is 15.3 Å². The summed E-state index contributed by atoms with van der Waals surface area (Å²) < 4.78 is 26.7. The van der Waals surface area contributed by atoms with E-state index in [1.165, 1.54) is 29.0 Å². The third-order valence-electron chi connectivity index (χ3n) is 4.78. The highest BCUT2D eigenvalue weighted by molar-refractivity contribution is 7.90. The van der Waals surface area contributed by atoms with Gasteiger partial charge in [-0.3, -0.25) is 4.79 Å². The van der Waals surface area contributed by atoms with Crippen LogP contribution in [0.5, 0.6) is 0 Å². The average molecular weight is 441 g/mol. The monoisotopic (exact) mass is 440 g/mol. The van der Waals surface area contributed by atoms with Gasteiger partial charge < -0.3 is 5.32 Å². The molecule has 2 aromatic carbocycles. The number of carbonyl (C=O) groups excluding carboxylic acids is 1. The van der Waals surface area contributed by atoms with Crippen molar-refractivity contribution >= 4 is 43.1 Å². The standard InChI is InChI=1S/C21H20N4O3S2/c1-12-9-16-17(10-13(12)2)29-21(22-16)25-19(11-14(3)24-25)23-20(26)15-7-5-6-8-18(15)30(4,27)28/h5-11H,1-4H3,(H,23,26). The highest BCUT2D eigenvalue weighted by Crippen LogP contribution is 2.29. The van der Waals surface area contributed by atoms with Gasteiger partial charge in [0.25, 0.3) is 5.91 Å². The maximum atomic E-state index is 12.9. The summed E-state index contributed by atoms with van der Waals surface area (Å²) in [5, 5.41) is 7.88. The highest BCUT2D eigenvalue weighted by Gasteiger charge is 2.21. The molecule has 0 radical (unpaired) electrons. The highest BCUT2D eigenvalue weighted by atomic mass is 32.2. The molecule has 4 rings (SSSR count). The SMILES string of the molecule is Cc1cc(NC(=O)c2ccccc2S(C)(=O)=O)n(-c2nc3cc(C)c(C)cc3s2)n1. The maximum Gasteiger partial charge on any atom is 0.258 e. The van der Waals surface area contributed by atoms with Crippen LogP contribution in [0, 0.1) is 20.8 Å². The van der Waals surface area contributed by atoms with Gasteiger partial charge in [0.05, 0.1) is 26.4 Å². The first kappa shape index (κ1) is 20.2. The molecule has 7 nitrogen and oxygen atoms in total. The zero-order chi connectivity index (χ0) is 21.6. The van der Waals surface area contributed by atoms with E-state index in [2.05, 4.69) is 28.4 Å². The summed E-state index contributed by atoms with van der Waals surface area (Å²) in [6.45, 7) is 5.91. The van der Waals surface area contributed by atoms with Crippen molar-refractivity contribution in [3.63, 3.8) is 0 Å². The molecular weight excluding hydrogens is 420 g/mol. The minimum Gasteiger partial charge on any atom is -0.306 e. The number of aryl methyl sites for hydroxylation is 3. The number of rotatable bonds is 4. The summed E-state index contributed by atoms with van der Waals surface area (Å²) >= 11 is 1.47. The van der Waals surface area contributed by atoms with E-state index in [1.54, 1.807) is 22.9 Å². The molecule has 0 aliphatic carbocycles. The first-order chi connectivity index (χ1) is 14.1. The summed E-state index contributed by atoms with van der Waals surface area (Å²) in [6.07, 6.45) is 1.08. The maximum absolute atomic E-state index is 12.9. The number of nitrogens with one attached hydrogen (secondary N) is 1. The van der Waals surface area contributed by atoms with Crippen LogP contribution < -0.4 is 5.32 Å². The van der Waals surface area contributed by atoms with Crippen LogP contribution >= 0.6 is 11.3 Å². The largest absolute Gasteiger partial charge is 0.306 e. The molecular formula is C21H20N4O3S2. The first-order valence-electron chi connectivity index (χ1n) is 9.19. The van der Waals surface area contributed by atoms with Crippen molar-refractivity contribution in [1.82, 2.24) is 14.8 Å².